The van der Waals surface area contributed by atoms with Gasteiger partial charge in [-0.25, -0.2) is 0 Å². The normalized spacial score (nSPS) is 13.7. The van der Waals surface area contributed by atoms with Gasteiger partial charge in [0.05, 0.1) is 10.6 Å². The Morgan fingerprint density at radius 2 is 1.50 bits per heavy atom. The van der Waals surface area contributed by atoms with Gasteiger partial charge < -0.3 is 19.6 Å². The molecule has 1 aliphatic rings. The average Bonchev–Trinajstić information content (AvgIpc) is 2.83. The van der Waals surface area contributed by atoms with Crippen molar-refractivity contribution < 1.29 is 19.4 Å². The van der Waals surface area contributed by atoms with Crippen molar-refractivity contribution in [1.29, 1.82) is 0 Å². The van der Waals surface area contributed by atoms with Gasteiger partial charge in [-0.05, 0) is 35.4 Å². The number of phenols is 1. The zero-order valence-corrected chi connectivity index (χ0v) is 18.2. The van der Waals surface area contributed by atoms with Crippen LogP contribution in [0.3, 0.4) is 0 Å². The molecule has 7 heteroatoms. The number of benzene rings is 3. The van der Waals surface area contributed by atoms with E-state index in [1.165, 1.54) is 6.07 Å². The van der Waals surface area contributed by atoms with Crippen LogP contribution in [0.4, 0.5) is 0 Å². The number of carbonyl (C=O) groups is 2. The Bertz CT molecular complexity index is 1110. The standard InChI is InChI=1S/C25H23ClN2O4/c26-21-16-19(18-6-2-1-3-7-18)10-11-23(21)32-17-24(30)27-12-14-28(15-13-27)25(31)20-8-4-5-9-22(20)29/h1-11,16,29H,12-15,17H2. The number of ether oxygens (including phenoxy) is 1. The second-order valence-corrected chi connectivity index (χ2v) is 7.90. The number of piperazine rings is 1. The van der Waals surface area contributed by atoms with E-state index >= 15 is 0 Å². The van der Waals surface area contributed by atoms with Crippen molar-refractivity contribution in [3.8, 4) is 22.6 Å². The Labute approximate surface area is 191 Å². The van der Waals surface area contributed by atoms with Gasteiger partial charge in [0.1, 0.15) is 11.5 Å². The highest BCUT2D eigenvalue weighted by molar-refractivity contribution is 6.32. The summed E-state index contributed by atoms with van der Waals surface area (Å²) in [4.78, 5) is 28.5. The fourth-order valence-corrected chi connectivity index (χ4v) is 3.88. The summed E-state index contributed by atoms with van der Waals surface area (Å²) in [5, 5.41) is 10.3. The summed E-state index contributed by atoms with van der Waals surface area (Å²) >= 11 is 6.36. The molecule has 32 heavy (non-hydrogen) atoms. The maximum Gasteiger partial charge on any atom is 0.260 e. The van der Waals surface area contributed by atoms with Crippen LogP contribution in [0.5, 0.6) is 11.5 Å². The van der Waals surface area contributed by atoms with Gasteiger partial charge in [0.25, 0.3) is 11.8 Å². The fourth-order valence-electron chi connectivity index (χ4n) is 3.64. The number of para-hydroxylation sites is 1. The summed E-state index contributed by atoms with van der Waals surface area (Å²) < 4.78 is 5.67. The lowest BCUT2D eigenvalue weighted by Gasteiger charge is -2.34. The summed E-state index contributed by atoms with van der Waals surface area (Å²) in [5.41, 5.74) is 2.29. The van der Waals surface area contributed by atoms with E-state index in [0.29, 0.717) is 37.0 Å². The van der Waals surface area contributed by atoms with Gasteiger partial charge in [0, 0.05) is 26.2 Å². The van der Waals surface area contributed by atoms with E-state index in [-0.39, 0.29) is 29.7 Å². The van der Waals surface area contributed by atoms with Crippen LogP contribution in [0.1, 0.15) is 10.4 Å². The van der Waals surface area contributed by atoms with Crippen LogP contribution in [-0.4, -0.2) is 59.5 Å². The number of phenolic OH excluding ortho intramolecular Hbond substituents is 1. The molecule has 3 aromatic rings. The molecule has 6 nitrogen and oxygen atoms in total. The van der Waals surface area contributed by atoms with Crippen LogP contribution in [0, 0.1) is 0 Å². The lowest BCUT2D eigenvalue weighted by atomic mass is 10.1. The average molecular weight is 451 g/mol. The molecular formula is C25H23ClN2O4. The van der Waals surface area contributed by atoms with Crippen LogP contribution < -0.4 is 4.74 Å². The van der Waals surface area contributed by atoms with Crippen molar-refractivity contribution in [2.45, 2.75) is 0 Å². The topological polar surface area (TPSA) is 70.1 Å². The molecule has 0 bridgehead atoms. The number of amides is 2. The highest BCUT2D eigenvalue weighted by Gasteiger charge is 2.26. The maximum absolute atomic E-state index is 12.6. The van der Waals surface area contributed by atoms with Crippen molar-refractivity contribution in [2.75, 3.05) is 32.8 Å². The first-order valence-electron chi connectivity index (χ1n) is 10.4. The van der Waals surface area contributed by atoms with Gasteiger partial charge in [-0.3, -0.25) is 9.59 Å². The van der Waals surface area contributed by atoms with Crippen molar-refractivity contribution in [3.63, 3.8) is 0 Å². The SMILES string of the molecule is O=C(COc1ccc(-c2ccccc2)cc1Cl)N1CCN(C(=O)c2ccccc2O)CC1. The van der Waals surface area contributed by atoms with E-state index in [4.69, 9.17) is 16.3 Å². The Morgan fingerprint density at radius 3 is 2.19 bits per heavy atom. The molecule has 2 amide bonds. The molecule has 1 aliphatic heterocycles. The molecule has 3 aromatic carbocycles. The number of nitrogens with zero attached hydrogens (tertiary/aromatic N) is 2. The number of halogens is 1. The number of hydrogen-bond acceptors (Lipinski definition) is 4. The first kappa shape index (κ1) is 21.7. The first-order chi connectivity index (χ1) is 15.5. The molecule has 1 heterocycles. The molecule has 0 atom stereocenters. The predicted octanol–water partition coefficient (Wildman–Crippen LogP) is 4.08. The van der Waals surface area contributed by atoms with E-state index in [0.717, 1.165) is 11.1 Å². The van der Waals surface area contributed by atoms with Crippen LogP contribution in [0.2, 0.25) is 5.02 Å². The summed E-state index contributed by atoms with van der Waals surface area (Å²) in [6.07, 6.45) is 0. The largest absolute Gasteiger partial charge is 0.507 e. The van der Waals surface area contributed by atoms with Gasteiger partial charge in [0.15, 0.2) is 6.61 Å². The molecule has 1 fully saturated rings. The number of carbonyl (C=O) groups excluding carboxylic acids is 2. The summed E-state index contributed by atoms with van der Waals surface area (Å²) in [5.74, 6) is 0.00669. The molecule has 0 aromatic heterocycles. The molecule has 0 unspecified atom stereocenters. The van der Waals surface area contributed by atoms with Gasteiger partial charge in [-0.15, -0.1) is 0 Å². The highest BCUT2D eigenvalue weighted by atomic mass is 35.5. The zero-order chi connectivity index (χ0) is 22.5. The molecule has 0 aliphatic carbocycles. The van der Waals surface area contributed by atoms with E-state index < -0.39 is 0 Å². The predicted molar refractivity (Wildman–Crippen MR) is 123 cm³/mol. The third-order valence-corrected chi connectivity index (χ3v) is 5.74. The van der Waals surface area contributed by atoms with Gasteiger partial charge in [0.2, 0.25) is 0 Å². The van der Waals surface area contributed by atoms with Crippen LogP contribution in [-0.2, 0) is 4.79 Å². The number of aromatic hydroxyl groups is 1. The van der Waals surface area contributed by atoms with Crippen LogP contribution in [0.15, 0.2) is 72.8 Å². The minimum atomic E-state index is -0.239. The fraction of sp³-hybridized carbons (Fsp3) is 0.200. The second kappa shape index (κ2) is 9.75. The van der Waals surface area contributed by atoms with E-state index in [2.05, 4.69) is 0 Å². The molecule has 0 radical (unpaired) electrons. The minimum absolute atomic E-state index is 0.0421. The third-order valence-electron chi connectivity index (χ3n) is 5.44. The van der Waals surface area contributed by atoms with Gasteiger partial charge >= 0.3 is 0 Å². The quantitative estimate of drug-likeness (QED) is 0.636. The van der Waals surface area contributed by atoms with Crippen molar-refractivity contribution >= 4 is 23.4 Å². The lowest BCUT2D eigenvalue weighted by molar-refractivity contribution is -0.134. The molecule has 0 spiro atoms. The Balaban J connectivity index is 1.30. The molecular weight excluding hydrogens is 428 g/mol. The van der Waals surface area contributed by atoms with Gasteiger partial charge in [-0.1, -0.05) is 60.1 Å². The van der Waals surface area contributed by atoms with Crippen molar-refractivity contribution in [1.82, 2.24) is 9.80 Å². The minimum Gasteiger partial charge on any atom is -0.507 e. The summed E-state index contributed by atoms with van der Waals surface area (Å²) in [6, 6.07) is 21.8. The van der Waals surface area contributed by atoms with E-state index in [1.54, 1.807) is 34.1 Å². The molecule has 1 N–H and O–H groups in total. The zero-order valence-electron chi connectivity index (χ0n) is 17.4. The maximum atomic E-state index is 12.6. The molecule has 4 rings (SSSR count). The Kier molecular flexibility index (Phi) is 6.61. The van der Waals surface area contributed by atoms with E-state index in [9.17, 15) is 14.7 Å². The summed E-state index contributed by atoms with van der Waals surface area (Å²) in [6.45, 7) is 1.47. The Morgan fingerprint density at radius 1 is 0.844 bits per heavy atom. The number of rotatable bonds is 5. The lowest BCUT2D eigenvalue weighted by Crippen LogP contribution is -2.51. The Hall–Kier alpha value is -3.51. The highest BCUT2D eigenvalue weighted by Crippen LogP contribution is 2.30. The third kappa shape index (κ3) is 4.86. The second-order valence-electron chi connectivity index (χ2n) is 7.49. The smallest absolute Gasteiger partial charge is 0.260 e. The molecule has 0 saturated carbocycles. The monoisotopic (exact) mass is 450 g/mol. The van der Waals surface area contributed by atoms with Crippen LogP contribution >= 0.6 is 11.6 Å². The van der Waals surface area contributed by atoms with Gasteiger partial charge in [-0.2, -0.15) is 0 Å². The number of hydrogen-bond donors (Lipinski definition) is 1. The van der Waals surface area contributed by atoms with Crippen LogP contribution in [0.25, 0.3) is 11.1 Å². The molecule has 1 saturated heterocycles. The van der Waals surface area contributed by atoms with Crippen molar-refractivity contribution in [2.24, 2.45) is 0 Å². The van der Waals surface area contributed by atoms with Crippen molar-refractivity contribution in [3.05, 3.63) is 83.4 Å². The first-order valence-corrected chi connectivity index (χ1v) is 10.7. The molecule has 164 valence electrons. The summed E-state index contributed by atoms with van der Waals surface area (Å²) in [7, 11) is 0. The van der Waals surface area contributed by atoms with E-state index in [1.807, 2.05) is 42.5 Å².